The molecule has 0 fully saturated rings. The van der Waals surface area contributed by atoms with E-state index in [0.29, 0.717) is 7.14 Å². The molecule has 0 bridgehead atoms. The normalized spacial score (nSPS) is 13.4. The van der Waals surface area contributed by atoms with E-state index in [9.17, 15) is 34.2 Å². The lowest BCUT2D eigenvalue weighted by Gasteiger charge is -2.15. The van der Waals surface area contributed by atoms with E-state index < -0.39 is 67.3 Å². The molecule has 0 saturated heterocycles. The number of aliphatic hydroxyl groups is 6. The van der Waals surface area contributed by atoms with E-state index in [4.69, 9.17) is 30.6 Å². The second-order valence-electron chi connectivity index (χ2n) is 6.55. The molecule has 4 atom stereocenters. The molecule has 13 N–H and O–H groups in total. The van der Waals surface area contributed by atoms with E-state index >= 15 is 0 Å². The minimum atomic E-state index is -1.67. The summed E-state index contributed by atoms with van der Waals surface area (Å²) < 4.78 is 0.749. The van der Waals surface area contributed by atoms with Crippen LogP contribution in [0.2, 0.25) is 0 Å². The van der Waals surface area contributed by atoms with Crippen LogP contribution in [0.3, 0.4) is 0 Å². The number of carboxylic acids is 2. The molecule has 1 rings (SSSR count). The molecule has 0 aromatic heterocycles. The minimum absolute atomic E-state index is 0.122. The average molecular weight is 871 g/mol. The maximum atomic E-state index is 11.2. The number of nitrogens with two attached hydrogens (primary N) is 2. The van der Waals surface area contributed by atoms with Crippen molar-refractivity contribution in [2.45, 2.75) is 31.3 Å². The summed E-state index contributed by atoms with van der Waals surface area (Å²) >= 11 is 5.25. The smallest absolute Gasteiger partial charge is 0.337 e. The van der Waals surface area contributed by atoms with Crippen LogP contribution in [0, 0.1) is 10.7 Å². The Balaban J connectivity index is 0. The molecular formula is C18H24I3N3O13. The molecule has 4 unspecified atom stereocenters. The average Bonchev–Trinajstić information content (AvgIpc) is 2.79. The highest BCUT2D eigenvalue weighted by molar-refractivity contribution is 14.1. The molecule has 1 aromatic rings. The number of primary amides is 2. The van der Waals surface area contributed by atoms with Crippen LogP contribution in [0.4, 0.5) is 5.69 Å². The number of carboxylic acid groups (broad SMARTS) is 2. The van der Waals surface area contributed by atoms with Gasteiger partial charge in [0.15, 0.2) is 12.2 Å². The lowest BCUT2D eigenvalue weighted by molar-refractivity contribution is -0.134. The Morgan fingerprint density at radius 3 is 1.19 bits per heavy atom. The van der Waals surface area contributed by atoms with Crippen molar-refractivity contribution in [1.29, 1.82) is 0 Å². The van der Waals surface area contributed by atoms with Crippen LogP contribution in [-0.2, 0) is 14.4 Å². The number of hydrogen-bond donors (Lipinski definition) is 11. The molecular weight excluding hydrogens is 847 g/mol. The largest absolute Gasteiger partial charge is 0.478 e. The molecule has 0 saturated carbocycles. The summed E-state index contributed by atoms with van der Waals surface area (Å²) in [5.74, 6) is -4.96. The fourth-order valence-corrected chi connectivity index (χ4v) is 6.26. The number of carbonyl (C=O) groups excluding carboxylic acids is 3. The molecule has 0 radical (unpaired) electrons. The van der Waals surface area contributed by atoms with Crippen LogP contribution in [0.25, 0.3) is 0 Å². The number of hydrogen-bond acceptors (Lipinski definition) is 11. The van der Waals surface area contributed by atoms with Gasteiger partial charge in [-0.05, 0) is 67.8 Å². The number of rotatable bonds is 9. The molecule has 0 aliphatic rings. The van der Waals surface area contributed by atoms with E-state index in [-0.39, 0.29) is 20.4 Å². The van der Waals surface area contributed by atoms with E-state index in [1.165, 1.54) is 6.92 Å². The number of anilines is 1. The topological polar surface area (TPSA) is 311 Å². The zero-order chi connectivity index (χ0) is 29.8. The second kappa shape index (κ2) is 17.9. The summed E-state index contributed by atoms with van der Waals surface area (Å²) in [5, 5.41) is 71.1. The van der Waals surface area contributed by atoms with Gasteiger partial charge in [-0.2, -0.15) is 0 Å². The fourth-order valence-electron chi connectivity index (χ4n) is 1.90. The predicted molar refractivity (Wildman–Crippen MR) is 149 cm³/mol. The minimum Gasteiger partial charge on any atom is -0.478 e. The number of carbonyl (C=O) groups is 5. The molecule has 1 aromatic carbocycles. The Kier molecular flexibility index (Phi) is 18.2. The Bertz CT molecular complexity index is 942. The molecule has 37 heavy (non-hydrogen) atoms. The number of aliphatic hydroxyl groups excluding tert-OH is 6. The van der Waals surface area contributed by atoms with Crippen LogP contribution in [0.1, 0.15) is 27.6 Å². The molecule has 3 amide bonds. The van der Waals surface area contributed by atoms with Crippen LogP contribution in [0.5, 0.6) is 0 Å². The number of benzene rings is 1. The van der Waals surface area contributed by atoms with Gasteiger partial charge in [-0.3, -0.25) is 14.4 Å². The first-order chi connectivity index (χ1) is 16.9. The standard InChI is InChI=1S/C10H6I3NO5.2C4H9NO4/c1-2(15)14-8-6(12)3(9(16)17)5(11)4(7(8)13)10(18)19;2*5-4(9)3(8)2(7)1-6/h1H3,(H,14,15)(H,16,17)(H,18,19);2*2-3,6-8H,1H2,(H2,5,9). The summed E-state index contributed by atoms with van der Waals surface area (Å²) in [6.07, 6.45) is -6.28. The van der Waals surface area contributed by atoms with E-state index in [2.05, 4.69) is 16.8 Å². The van der Waals surface area contributed by atoms with Crippen molar-refractivity contribution in [3.05, 3.63) is 21.8 Å². The van der Waals surface area contributed by atoms with Crippen molar-refractivity contribution >= 4 is 103 Å². The van der Waals surface area contributed by atoms with Gasteiger partial charge in [0.1, 0.15) is 12.2 Å². The van der Waals surface area contributed by atoms with Crippen LogP contribution >= 0.6 is 67.8 Å². The Labute approximate surface area is 249 Å². The van der Waals surface area contributed by atoms with Gasteiger partial charge in [0.25, 0.3) is 0 Å². The molecule has 0 aliphatic heterocycles. The summed E-state index contributed by atoms with van der Waals surface area (Å²) in [4.78, 5) is 53.6. The Morgan fingerprint density at radius 2 is 1.03 bits per heavy atom. The third-order valence-electron chi connectivity index (χ3n) is 3.73. The van der Waals surface area contributed by atoms with Gasteiger partial charge in [-0.15, -0.1) is 0 Å². The van der Waals surface area contributed by atoms with Crippen LogP contribution in [-0.4, -0.2) is 108 Å². The maximum Gasteiger partial charge on any atom is 0.337 e. The van der Waals surface area contributed by atoms with Gasteiger partial charge in [-0.1, -0.05) is 0 Å². The number of amides is 3. The second-order valence-corrected chi connectivity index (χ2v) is 9.79. The third-order valence-corrected chi connectivity index (χ3v) is 6.97. The molecule has 19 heteroatoms. The molecule has 0 spiro atoms. The summed E-state index contributed by atoms with van der Waals surface area (Å²) in [6.45, 7) is -0.0841. The van der Waals surface area contributed by atoms with Gasteiger partial charge < -0.3 is 57.6 Å². The Hall–Kier alpha value is -1.48. The van der Waals surface area contributed by atoms with Crippen molar-refractivity contribution in [2.24, 2.45) is 11.5 Å². The van der Waals surface area contributed by atoms with Crippen molar-refractivity contribution in [3.63, 3.8) is 0 Å². The molecule has 0 aliphatic carbocycles. The zero-order valence-electron chi connectivity index (χ0n) is 18.6. The van der Waals surface area contributed by atoms with Crippen molar-refractivity contribution in [2.75, 3.05) is 18.5 Å². The summed E-state index contributed by atoms with van der Waals surface area (Å²) in [5.41, 5.74) is 9.07. The van der Waals surface area contributed by atoms with Gasteiger partial charge >= 0.3 is 11.9 Å². The monoisotopic (exact) mass is 871 g/mol. The highest BCUT2D eigenvalue weighted by Crippen LogP contribution is 2.35. The zero-order valence-corrected chi connectivity index (χ0v) is 25.1. The van der Waals surface area contributed by atoms with E-state index in [0.717, 1.165) is 0 Å². The highest BCUT2D eigenvalue weighted by Gasteiger charge is 2.27. The number of halogens is 3. The molecule has 16 nitrogen and oxygen atoms in total. The Morgan fingerprint density at radius 1 is 0.730 bits per heavy atom. The van der Waals surface area contributed by atoms with Gasteiger partial charge in [0.2, 0.25) is 17.7 Å². The van der Waals surface area contributed by atoms with Gasteiger partial charge in [0.05, 0.1) is 37.2 Å². The van der Waals surface area contributed by atoms with Crippen LogP contribution < -0.4 is 16.8 Å². The first-order valence-corrected chi connectivity index (χ1v) is 12.6. The van der Waals surface area contributed by atoms with Gasteiger partial charge in [0, 0.05) is 10.5 Å². The highest BCUT2D eigenvalue weighted by atomic mass is 127. The molecule has 0 heterocycles. The van der Waals surface area contributed by atoms with E-state index in [1.54, 1.807) is 67.8 Å². The van der Waals surface area contributed by atoms with E-state index in [1.807, 2.05) is 0 Å². The lowest BCUT2D eigenvalue weighted by Crippen LogP contribution is -2.40. The SMILES string of the molecule is CC(=O)Nc1c(I)c(C(=O)O)c(I)c(C(=O)O)c1I.NC(=O)C(O)C(O)CO.NC(=O)C(O)C(O)CO. The lowest BCUT2D eigenvalue weighted by atomic mass is 10.1. The van der Waals surface area contributed by atoms with Crippen molar-refractivity contribution in [1.82, 2.24) is 0 Å². The van der Waals surface area contributed by atoms with Crippen LogP contribution in [0.15, 0.2) is 0 Å². The summed E-state index contributed by atoms with van der Waals surface area (Å²) in [7, 11) is 0. The van der Waals surface area contributed by atoms with Crippen molar-refractivity contribution in [3.8, 4) is 0 Å². The quantitative estimate of drug-likeness (QED) is 0.112. The maximum absolute atomic E-state index is 11.2. The predicted octanol–water partition coefficient (Wildman–Crippen LogP) is -2.77. The number of nitrogens with one attached hydrogen (secondary N) is 1. The first-order valence-electron chi connectivity index (χ1n) is 9.34. The number of aromatic carboxylic acids is 2. The van der Waals surface area contributed by atoms with Crippen molar-refractivity contribution < 1.29 is 64.8 Å². The fraction of sp³-hybridized carbons (Fsp3) is 0.389. The molecule has 210 valence electrons. The third kappa shape index (κ3) is 12.3. The first kappa shape index (κ1) is 37.7. The van der Waals surface area contributed by atoms with Gasteiger partial charge in [-0.25, -0.2) is 9.59 Å². The summed E-state index contributed by atoms with van der Waals surface area (Å²) in [6, 6.07) is 0.